The Bertz CT molecular complexity index is 958. The first-order chi connectivity index (χ1) is 13.1. The number of carbonyl (C=O) groups is 1. The first kappa shape index (κ1) is 17.9. The number of halogens is 1. The molecule has 0 saturated carbocycles. The molecule has 0 spiro atoms. The average Bonchev–Trinajstić information content (AvgIpc) is 3.11. The molecule has 3 aromatic rings. The van der Waals surface area contributed by atoms with Gasteiger partial charge in [-0.15, -0.1) is 0 Å². The van der Waals surface area contributed by atoms with Crippen LogP contribution in [0.1, 0.15) is 18.7 Å². The van der Waals surface area contributed by atoms with E-state index in [2.05, 4.69) is 16.1 Å². The van der Waals surface area contributed by atoms with Gasteiger partial charge in [-0.05, 0) is 11.5 Å². The third-order valence-corrected chi connectivity index (χ3v) is 5.04. The van der Waals surface area contributed by atoms with Crippen LogP contribution >= 0.6 is 11.6 Å². The number of aromatic nitrogens is 3. The summed E-state index contributed by atoms with van der Waals surface area (Å²) >= 11 is 5.90. The van der Waals surface area contributed by atoms with Gasteiger partial charge in [0.2, 0.25) is 5.91 Å². The van der Waals surface area contributed by atoms with Crippen LogP contribution in [0.5, 0.6) is 0 Å². The Morgan fingerprint density at radius 3 is 2.93 bits per heavy atom. The predicted molar refractivity (Wildman–Crippen MR) is 103 cm³/mol. The molecule has 1 fully saturated rings. The third-order valence-electron chi connectivity index (χ3n) is 4.84. The Labute approximate surface area is 162 Å². The molecule has 0 N–H and O–H groups in total. The van der Waals surface area contributed by atoms with E-state index in [-0.39, 0.29) is 17.9 Å². The van der Waals surface area contributed by atoms with Gasteiger partial charge in [-0.1, -0.05) is 42.8 Å². The number of ether oxygens (including phenoxy) is 1. The molecule has 1 aliphatic heterocycles. The highest BCUT2D eigenvalue weighted by molar-refractivity contribution is 6.30. The molecule has 27 heavy (non-hydrogen) atoms. The van der Waals surface area contributed by atoms with Crippen LogP contribution in [-0.4, -0.2) is 45.3 Å². The van der Waals surface area contributed by atoms with Crippen molar-refractivity contribution in [3.05, 3.63) is 59.6 Å². The number of hydrogen-bond donors (Lipinski definition) is 0. The average molecular weight is 385 g/mol. The minimum absolute atomic E-state index is 0.0933. The molecular formula is C20H21ClN4O2. The van der Waals surface area contributed by atoms with E-state index in [4.69, 9.17) is 16.3 Å². The van der Waals surface area contributed by atoms with E-state index in [1.807, 2.05) is 42.3 Å². The lowest BCUT2D eigenvalue weighted by Gasteiger charge is -2.34. The van der Waals surface area contributed by atoms with Gasteiger partial charge in [-0.2, -0.15) is 5.10 Å². The molecule has 2 atom stereocenters. The number of carbonyl (C=O) groups excluding carboxylic acids is 1. The van der Waals surface area contributed by atoms with Gasteiger partial charge in [0.1, 0.15) is 6.10 Å². The van der Waals surface area contributed by atoms with Crippen LogP contribution < -0.4 is 0 Å². The maximum absolute atomic E-state index is 12.9. The van der Waals surface area contributed by atoms with E-state index in [9.17, 15) is 4.79 Å². The monoisotopic (exact) mass is 384 g/mol. The molecule has 1 aliphatic rings. The van der Waals surface area contributed by atoms with E-state index in [0.717, 1.165) is 16.5 Å². The van der Waals surface area contributed by atoms with Crippen molar-refractivity contribution in [1.29, 1.82) is 0 Å². The SMILES string of the molecule is C[C@@H](Cn1cc(Cl)cn1)C(=O)N1CCO[C@@H](c2cc3ccccc3cn2)C1. The molecular weight excluding hydrogens is 364 g/mol. The highest BCUT2D eigenvalue weighted by atomic mass is 35.5. The summed E-state index contributed by atoms with van der Waals surface area (Å²) in [6, 6.07) is 10.1. The lowest BCUT2D eigenvalue weighted by atomic mass is 10.1. The topological polar surface area (TPSA) is 60.2 Å². The summed E-state index contributed by atoms with van der Waals surface area (Å²) in [5.74, 6) is -0.0972. The third kappa shape index (κ3) is 3.96. The van der Waals surface area contributed by atoms with Gasteiger partial charge < -0.3 is 9.64 Å². The maximum atomic E-state index is 12.9. The summed E-state index contributed by atoms with van der Waals surface area (Å²) in [7, 11) is 0. The first-order valence-corrected chi connectivity index (χ1v) is 9.41. The van der Waals surface area contributed by atoms with Crippen molar-refractivity contribution in [2.75, 3.05) is 19.7 Å². The second-order valence-electron chi connectivity index (χ2n) is 6.88. The van der Waals surface area contributed by atoms with Crippen LogP contribution in [0.4, 0.5) is 0 Å². The van der Waals surface area contributed by atoms with Crippen LogP contribution in [0.15, 0.2) is 48.9 Å². The summed E-state index contributed by atoms with van der Waals surface area (Å²) in [5, 5.41) is 6.94. The van der Waals surface area contributed by atoms with Gasteiger partial charge in [0.25, 0.3) is 0 Å². The fourth-order valence-corrected chi connectivity index (χ4v) is 3.57. The van der Waals surface area contributed by atoms with E-state index < -0.39 is 0 Å². The Kier molecular flexibility index (Phi) is 5.09. The van der Waals surface area contributed by atoms with Crippen molar-refractivity contribution in [3.63, 3.8) is 0 Å². The maximum Gasteiger partial charge on any atom is 0.227 e. The largest absolute Gasteiger partial charge is 0.368 e. The summed E-state index contributed by atoms with van der Waals surface area (Å²) in [5.41, 5.74) is 0.859. The molecule has 0 aliphatic carbocycles. The van der Waals surface area contributed by atoms with Crippen LogP contribution in [0.2, 0.25) is 5.02 Å². The van der Waals surface area contributed by atoms with E-state index >= 15 is 0 Å². The fourth-order valence-electron chi connectivity index (χ4n) is 3.41. The Hall–Kier alpha value is -2.44. The van der Waals surface area contributed by atoms with Gasteiger partial charge in [-0.25, -0.2) is 0 Å². The zero-order valence-electron chi connectivity index (χ0n) is 15.1. The van der Waals surface area contributed by atoms with Crippen molar-refractivity contribution in [2.45, 2.75) is 19.6 Å². The number of nitrogens with zero attached hydrogens (tertiary/aromatic N) is 4. The van der Waals surface area contributed by atoms with Crippen LogP contribution in [-0.2, 0) is 16.1 Å². The first-order valence-electron chi connectivity index (χ1n) is 9.03. The van der Waals surface area contributed by atoms with Crippen molar-refractivity contribution in [2.24, 2.45) is 5.92 Å². The quantitative estimate of drug-likeness (QED) is 0.692. The van der Waals surface area contributed by atoms with Crippen molar-refractivity contribution < 1.29 is 9.53 Å². The summed E-state index contributed by atoms with van der Waals surface area (Å²) in [6.07, 6.45) is 4.96. The molecule has 0 bridgehead atoms. The summed E-state index contributed by atoms with van der Waals surface area (Å²) in [4.78, 5) is 19.3. The number of rotatable bonds is 4. The Morgan fingerprint density at radius 2 is 2.15 bits per heavy atom. The predicted octanol–water partition coefficient (Wildman–Crippen LogP) is 3.32. The van der Waals surface area contributed by atoms with Gasteiger partial charge in [0.15, 0.2) is 0 Å². The fraction of sp³-hybridized carbons (Fsp3) is 0.350. The number of morpholine rings is 1. The van der Waals surface area contributed by atoms with Crippen molar-refractivity contribution in [1.82, 2.24) is 19.7 Å². The van der Waals surface area contributed by atoms with Crippen molar-refractivity contribution >= 4 is 28.3 Å². The second kappa shape index (κ2) is 7.66. The molecule has 3 heterocycles. The minimum Gasteiger partial charge on any atom is -0.368 e. The van der Waals surface area contributed by atoms with Gasteiger partial charge in [0, 0.05) is 24.3 Å². The Morgan fingerprint density at radius 1 is 1.33 bits per heavy atom. The van der Waals surface area contributed by atoms with Crippen LogP contribution in [0.25, 0.3) is 10.8 Å². The standard InChI is InChI=1S/C20H21ClN4O2/c1-14(11-25-12-17(21)10-23-25)20(26)24-6-7-27-19(13-24)18-8-15-4-2-3-5-16(15)9-22-18/h2-5,8-10,12,14,19H,6-7,11,13H2,1H3/t14-,19+/m0/s1. The molecule has 0 radical (unpaired) electrons. The molecule has 6 nitrogen and oxygen atoms in total. The van der Waals surface area contributed by atoms with Gasteiger partial charge in [0.05, 0.1) is 42.5 Å². The van der Waals surface area contributed by atoms with Gasteiger partial charge >= 0.3 is 0 Å². The number of pyridine rings is 1. The molecule has 7 heteroatoms. The summed E-state index contributed by atoms with van der Waals surface area (Å²) in [6.45, 7) is 4.02. The smallest absolute Gasteiger partial charge is 0.227 e. The summed E-state index contributed by atoms with van der Waals surface area (Å²) < 4.78 is 7.61. The number of amides is 1. The Balaban J connectivity index is 1.45. The van der Waals surface area contributed by atoms with E-state index in [1.54, 1.807) is 17.1 Å². The molecule has 0 unspecified atom stereocenters. The molecule has 1 amide bonds. The zero-order valence-corrected chi connectivity index (χ0v) is 15.8. The lowest BCUT2D eigenvalue weighted by molar-refractivity contribution is -0.143. The normalized spacial score (nSPS) is 18.6. The molecule has 1 saturated heterocycles. The highest BCUT2D eigenvalue weighted by Crippen LogP contribution is 2.25. The highest BCUT2D eigenvalue weighted by Gasteiger charge is 2.29. The van der Waals surface area contributed by atoms with E-state index in [0.29, 0.717) is 31.3 Å². The number of hydrogen-bond acceptors (Lipinski definition) is 4. The lowest BCUT2D eigenvalue weighted by Crippen LogP contribution is -2.45. The van der Waals surface area contributed by atoms with Crippen molar-refractivity contribution in [3.8, 4) is 0 Å². The minimum atomic E-state index is -0.210. The zero-order chi connectivity index (χ0) is 18.8. The molecule has 2 aromatic heterocycles. The van der Waals surface area contributed by atoms with Gasteiger partial charge in [-0.3, -0.25) is 14.5 Å². The van der Waals surface area contributed by atoms with Crippen LogP contribution in [0, 0.1) is 5.92 Å². The number of benzene rings is 1. The number of fused-ring (bicyclic) bond motifs is 1. The molecule has 140 valence electrons. The van der Waals surface area contributed by atoms with Crippen LogP contribution in [0.3, 0.4) is 0 Å². The van der Waals surface area contributed by atoms with E-state index in [1.165, 1.54) is 0 Å². The second-order valence-corrected chi connectivity index (χ2v) is 7.32. The molecule has 1 aromatic carbocycles. The molecule has 4 rings (SSSR count).